The molecule has 0 saturated carbocycles. The molecule has 0 aromatic carbocycles. The Balaban J connectivity index is 5.52. The molecule has 3 nitrogen and oxygen atoms in total. The lowest BCUT2D eigenvalue weighted by molar-refractivity contribution is -0.432. The third kappa shape index (κ3) is 9.28. The number of ether oxygens (including phenoxy) is 3. The third-order valence-electron chi connectivity index (χ3n) is 5.68. The van der Waals surface area contributed by atoms with Crippen LogP contribution in [0.3, 0.4) is 0 Å². The molecule has 0 aromatic rings. The highest BCUT2D eigenvalue weighted by Gasteiger charge is 2.53. The van der Waals surface area contributed by atoms with E-state index >= 15 is 0 Å². The summed E-state index contributed by atoms with van der Waals surface area (Å²) in [7, 11) is 0. The molecule has 0 amide bonds. The Morgan fingerprint density at radius 2 is 0.815 bits per heavy atom. The summed E-state index contributed by atoms with van der Waals surface area (Å²) in [5, 5.41) is 0. The second-order valence-corrected chi connectivity index (χ2v) is 7.86. The molecular weight excluding hydrogens is 336 g/mol. The van der Waals surface area contributed by atoms with Crippen molar-refractivity contribution in [3.05, 3.63) is 0 Å². The first-order valence-corrected chi connectivity index (χ1v) is 12.0. The lowest BCUT2D eigenvalue weighted by Crippen LogP contribution is -2.55. The second kappa shape index (κ2) is 16.8. The van der Waals surface area contributed by atoms with Gasteiger partial charge in [-0.15, -0.1) is 0 Å². The van der Waals surface area contributed by atoms with E-state index in [1.165, 1.54) is 64.2 Å². The Morgan fingerprint density at radius 3 is 1.22 bits per heavy atom. The fourth-order valence-electron chi connectivity index (χ4n) is 4.26. The normalized spacial score (nSPS) is 12.7. The lowest BCUT2D eigenvalue weighted by Gasteiger charge is -2.49. The van der Waals surface area contributed by atoms with Gasteiger partial charge in [0.25, 0.3) is 5.97 Å². The average Bonchev–Trinajstić information content (AvgIpc) is 2.66. The maximum absolute atomic E-state index is 6.32. The van der Waals surface area contributed by atoms with Crippen molar-refractivity contribution in [1.29, 1.82) is 0 Å². The summed E-state index contributed by atoms with van der Waals surface area (Å²) in [6.45, 7) is 14.9. The van der Waals surface area contributed by atoms with E-state index < -0.39 is 5.97 Å². The van der Waals surface area contributed by atoms with Gasteiger partial charge in [0.2, 0.25) is 0 Å². The standard InChI is InChI=1S/C24H50O3/c1-7-13-16-17-18-19-22-23(20-14-8-2,21-15-9-3)24(25-10-4,26-11-5)27-12-6/h7-22H2,1-6H3. The zero-order valence-electron chi connectivity index (χ0n) is 19.5. The summed E-state index contributed by atoms with van der Waals surface area (Å²) in [5.74, 6) is -0.890. The molecule has 0 aromatic heterocycles. The summed E-state index contributed by atoms with van der Waals surface area (Å²) in [4.78, 5) is 0. The first-order chi connectivity index (χ1) is 13.1. The van der Waals surface area contributed by atoms with Crippen molar-refractivity contribution in [3.63, 3.8) is 0 Å². The van der Waals surface area contributed by atoms with Crippen molar-refractivity contribution in [2.45, 2.75) is 131 Å². The molecule has 0 aliphatic heterocycles. The van der Waals surface area contributed by atoms with Crippen LogP contribution in [0.2, 0.25) is 0 Å². The van der Waals surface area contributed by atoms with Crippen LogP contribution in [0.15, 0.2) is 0 Å². The quantitative estimate of drug-likeness (QED) is 0.157. The fraction of sp³-hybridized carbons (Fsp3) is 1.00. The van der Waals surface area contributed by atoms with Crippen molar-refractivity contribution in [2.24, 2.45) is 5.41 Å². The molecule has 0 heterocycles. The zero-order chi connectivity index (χ0) is 20.4. The van der Waals surface area contributed by atoms with Crippen LogP contribution in [0.1, 0.15) is 125 Å². The number of rotatable bonds is 20. The van der Waals surface area contributed by atoms with Gasteiger partial charge in [-0.1, -0.05) is 85.0 Å². The number of hydrogen-bond donors (Lipinski definition) is 0. The highest BCUT2D eigenvalue weighted by Crippen LogP contribution is 2.49. The van der Waals surface area contributed by atoms with Gasteiger partial charge in [0.15, 0.2) is 0 Å². The van der Waals surface area contributed by atoms with Crippen molar-refractivity contribution < 1.29 is 14.2 Å². The SMILES string of the molecule is CCCCCCCCC(CCCC)(CCCC)C(OCC)(OCC)OCC. The van der Waals surface area contributed by atoms with E-state index in [9.17, 15) is 0 Å². The van der Waals surface area contributed by atoms with Crippen molar-refractivity contribution in [3.8, 4) is 0 Å². The molecule has 27 heavy (non-hydrogen) atoms. The molecule has 0 bridgehead atoms. The maximum atomic E-state index is 6.32. The van der Waals surface area contributed by atoms with Crippen LogP contribution in [0.5, 0.6) is 0 Å². The summed E-state index contributed by atoms with van der Waals surface area (Å²) >= 11 is 0. The molecule has 0 radical (unpaired) electrons. The fourth-order valence-corrected chi connectivity index (χ4v) is 4.26. The van der Waals surface area contributed by atoms with Crippen LogP contribution < -0.4 is 0 Å². The van der Waals surface area contributed by atoms with Crippen LogP contribution in [0, 0.1) is 5.41 Å². The Kier molecular flexibility index (Phi) is 16.7. The molecule has 164 valence electrons. The largest absolute Gasteiger partial charge is 0.327 e. The van der Waals surface area contributed by atoms with Crippen molar-refractivity contribution in [2.75, 3.05) is 19.8 Å². The number of unbranched alkanes of at least 4 members (excludes halogenated alkanes) is 7. The highest BCUT2D eigenvalue weighted by atomic mass is 16.9. The Labute approximate surface area is 170 Å². The minimum absolute atomic E-state index is 0.0498. The first-order valence-electron chi connectivity index (χ1n) is 12.0. The summed E-state index contributed by atoms with van der Waals surface area (Å²) in [6.07, 6.45) is 16.1. The first kappa shape index (κ1) is 26.9. The van der Waals surface area contributed by atoms with E-state index in [1.807, 2.05) is 0 Å². The van der Waals surface area contributed by atoms with Gasteiger partial charge in [0.1, 0.15) is 0 Å². The van der Waals surface area contributed by atoms with E-state index in [0.717, 1.165) is 19.3 Å². The Hall–Kier alpha value is -0.120. The predicted octanol–water partition coefficient (Wildman–Crippen LogP) is 7.87. The van der Waals surface area contributed by atoms with Gasteiger partial charge in [-0.25, -0.2) is 0 Å². The lowest BCUT2D eigenvalue weighted by atomic mass is 9.71. The summed E-state index contributed by atoms with van der Waals surface area (Å²) < 4.78 is 19.0. The third-order valence-corrected chi connectivity index (χ3v) is 5.68. The van der Waals surface area contributed by atoms with E-state index in [-0.39, 0.29) is 5.41 Å². The molecule has 0 spiro atoms. The zero-order valence-corrected chi connectivity index (χ0v) is 19.5. The van der Waals surface area contributed by atoms with E-state index in [2.05, 4.69) is 41.5 Å². The molecule has 0 atom stereocenters. The minimum atomic E-state index is -0.890. The molecule has 0 rings (SSSR count). The van der Waals surface area contributed by atoms with Gasteiger partial charge < -0.3 is 14.2 Å². The molecule has 0 aliphatic carbocycles. The van der Waals surface area contributed by atoms with Crippen molar-refractivity contribution in [1.82, 2.24) is 0 Å². The van der Waals surface area contributed by atoms with Gasteiger partial charge in [0, 0.05) is 19.8 Å². The van der Waals surface area contributed by atoms with Gasteiger partial charge in [-0.2, -0.15) is 0 Å². The smallest absolute Gasteiger partial charge is 0.288 e. The summed E-state index contributed by atoms with van der Waals surface area (Å²) in [6, 6.07) is 0. The second-order valence-electron chi connectivity index (χ2n) is 7.86. The van der Waals surface area contributed by atoms with Gasteiger partial charge in [0.05, 0.1) is 5.41 Å². The summed E-state index contributed by atoms with van der Waals surface area (Å²) in [5.41, 5.74) is -0.0498. The van der Waals surface area contributed by atoms with Crippen LogP contribution in [0.25, 0.3) is 0 Å². The molecule has 3 heteroatoms. The number of hydrogen-bond acceptors (Lipinski definition) is 3. The molecule has 0 saturated heterocycles. The van der Waals surface area contributed by atoms with E-state index in [4.69, 9.17) is 14.2 Å². The molecule has 0 N–H and O–H groups in total. The van der Waals surface area contributed by atoms with Crippen LogP contribution in [-0.4, -0.2) is 25.8 Å². The Morgan fingerprint density at radius 1 is 0.444 bits per heavy atom. The molecular formula is C24H50O3. The molecule has 0 aliphatic rings. The maximum Gasteiger partial charge on any atom is 0.288 e. The van der Waals surface area contributed by atoms with Gasteiger partial charge in [-0.3, -0.25) is 0 Å². The Bertz CT molecular complexity index is 292. The predicted molar refractivity (Wildman–Crippen MR) is 117 cm³/mol. The van der Waals surface area contributed by atoms with Crippen molar-refractivity contribution >= 4 is 0 Å². The topological polar surface area (TPSA) is 27.7 Å². The van der Waals surface area contributed by atoms with Gasteiger partial charge in [-0.05, 0) is 40.0 Å². The van der Waals surface area contributed by atoms with E-state index in [0.29, 0.717) is 19.8 Å². The van der Waals surface area contributed by atoms with Crippen LogP contribution in [0.4, 0.5) is 0 Å². The highest BCUT2D eigenvalue weighted by molar-refractivity contribution is 4.89. The van der Waals surface area contributed by atoms with Crippen LogP contribution in [-0.2, 0) is 14.2 Å². The minimum Gasteiger partial charge on any atom is -0.327 e. The molecule has 0 fully saturated rings. The van der Waals surface area contributed by atoms with Gasteiger partial charge >= 0.3 is 0 Å². The van der Waals surface area contributed by atoms with E-state index in [1.54, 1.807) is 0 Å². The monoisotopic (exact) mass is 386 g/mol. The molecule has 0 unspecified atom stereocenters. The van der Waals surface area contributed by atoms with Crippen LogP contribution >= 0.6 is 0 Å². The average molecular weight is 387 g/mol.